The number of benzene rings is 2. The van der Waals surface area contributed by atoms with E-state index in [1.807, 2.05) is 0 Å². The van der Waals surface area contributed by atoms with E-state index in [-0.39, 0.29) is 0 Å². The molecule has 1 amide bonds. The van der Waals surface area contributed by atoms with Gasteiger partial charge in [-0.2, -0.15) is 5.26 Å². The number of nitrogens with zero attached hydrogens (tertiary/aromatic N) is 1. The lowest BCUT2D eigenvalue weighted by Crippen LogP contribution is -2.12. The van der Waals surface area contributed by atoms with Crippen LogP contribution in [0.4, 0.5) is 0 Å². The number of hydrogen-bond donors (Lipinski definition) is 2. The van der Waals surface area contributed by atoms with E-state index in [9.17, 15) is 10.1 Å². The molecule has 0 fully saturated rings. The van der Waals surface area contributed by atoms with Crippen LogP contribution >= 0.6 is 23.2 Å². The fourth-order valence-electron chi connectivity index (χ4n) is 2.66. The lowest BCUT2D eigenvalue weighted by molar-refractivity contribution is 0.0996. The van der Waals surface area contributed by atoms with Crippen LogP contribution in [0.5, 0.6) is 0 Å². The van der Waals surface area contributed by atoms with Gasteiger partial charge < -0.3 is 10.7 Å². The van der Waals surface area contributed by atoms with Gasteiger partial charge in [0.1, 0.15) is 5.69 Å². The minimum Gasteiger partial charge on any atom is -0.364 e. The third-order valence-electron chi connectivity index (χ3n) is 3.76. The van der Waals surface area contributed by atoms with Crippen LogP contribution in [0.25, 0.3) is 22.0 Å². The number of hydrogen-bond acceptors (Lipinski definition) is 2. The Morgan fingerprint density at radius 2 is 1.96 bits per heavy atom. The van der Waals surface area contributed by atoms with Gasteiger partial charge in [0.15, 0.2) is 0 Å². The molecule has 0 aliphatic heterocycles. The fourth-order valence-corrected chi connectivity index (χ4v) is 3.17. The zero-order valence-corrected chi connectivity index (χ0v) is 13.6. The summed E-state index contributed by atoms with van der Waals surface area (Å²) < 4.78 is 0. The number of nitrogens with one attached hydrogen (secondary N) is 1. The first kappa shape index (κ1) is 15.4. The van der Waals surface area contributed by atoms with Gasteiger partial charge in [-0.1, -0.05) is 29.3 Å². The maximum absolute atomic E-state index is 11.6. The average molecular weight is 344 g/mol. The van der Waals surface area contributed by atoms with Crippen molar-refractivity contribution in [3.05, 3.63) is 57.2 Å². The summed E-state index contributed by atoms with van der Waals surface area (Å²) in [6.45, 7) is 1.79. The molecule has 0 aliphatic rings. The van der Waals surface area contributed by atoms with E-state index in [0.29, 0.717) is 32.4 Å². The number of carbonyl (C=O) groups excluding carboxylic acids is 1. The minimum atomic E-state index is -0.551. The van der Waals surface area contributed by atoms with E-state index in [1.165, 1.54) is 0 Å². The van der Waals surface area contributed by atoms with Crippen molar-refractivity contribution in [2.45, 2.75) is 6.92 Å². The summed E-state index contributed by atoms with van der Waals surface area (Å²) in [4.78, 5) is 14.6. The zero-order valence-electron chi connectivity index (χ0n) is 12.1. The number of H-pyrrole nitrogens is 1. The van der Waals surface area contributed by atoms with Crippen molar-refractivity contribution in [3.8, 4) is 17.2 Å². The molecule has 0 saturated heterocycles. The smallest absolute Gasteiger partial charge is 0.265 e. The third-order valence-corrected chi connectivity index (χ3v) is 4.31. The normalized spacial score (nSPS) is 10.7. The maximum Gasteiger partial charge on any atom is 0.265 e. The van der Waals surface area contributed by atoms with Gasteiger partial charge in [0.05, 0.1) is 17.1 Å². The number of primary amides is 1. The molecule has 6 heteroatoms. The largest absolute Gasteiger partial charge is 0.364 e. The van der Waals surface area contributed by atoms with Crippen LogP contribution in [-0.4, -0.2) is 10.9 Å². The molecule has 0 spiro atoms. The molecule has 23 heavy (non-hydrogen) atoms. The molecule has 3 aromatic rings. The maximum atomic E-state index is 11.6. The Hall–Kier alpha value is -2.48. The van der Waals surface area contributed by atoms with E-state index in [4.69, 9.17) is 28.9 Å². The highest BCUT2D eigenvalue weighted by molar-refractivity contribution is 6.36. The number of aromatic nitrogens is 1. The average Bonchev–Trinajstić information content (AvgIpc) is 2.84. The van der Waals surface area contributed by atoms with Crippen molar-refractivity contribution in [1.29, 1.82) is 5.26 Å². The SMILES string of the molecule is Cc1c(C(N)=O)[nH]c2c(-c3ccc(Cl)cc3Cl)cc(C#N)cc12. The number of rotatable bonds is 2. The molecule has 0 atom stereocenters. The van der Waals surface area contributed by atoms with Crippen LogP contribution in [0.15, 0.2) is 30.3 Å². The van der Waals surface area contributed by atoms with Crippen LogP contribution in [0.3, 0.4) is 0 Å². The number of aromatic amines is 1. The highest BCUT2D eigenvalue weighted by atomic mass is 35.5. The van der Waals surface area contributed by atoms with Crippen molar-refractivity contribution < 1.29 is 4.79 Å². The first-order valence-corrected chi connectivity index (χ1v) is 7.49. The fraction of sp³-hybridized carbons (Fsp3) is 0.0588. The standard InChI is InChI=1S/C17H11Cl2N3O/c1-8-12-4-9(7-20)5-13(16(12)22-15(8)17(21)23)11-3-2-10(18)6-14(11)19/h2-6,22H,1H3,(H2,21,23). The molecule has 3 rings (SSSR count). The van der Waals surface area contributed by atoms with Crippen molar-refractivity contribution in [2.75, 3.05) is 0 Å². The van der Waals surface area contributed by atoms with Crippen LogP contribution in [0.2, 0.25) is 10.0 Å². The third kappa shape index (κ3) is 2.55. The second-order valence-corrected chi connectivity index (χ2v) is 6.02. The number of nitriles is 1. The van der Waals surface area contributed by atoms with Gasteiger partial charge in [-0.05, 0) is 36.8 Å². The van der Waals surface area contributed by atoms with E-state index in [1.54, 1.807) is 37.3 Å². The molecule has 4 nitrogen and oxygen atoms in total. The minimum absolute atomic E-state index is 0.321. The molecule has 114 valence electrons. The molecule has 3 N–H and O–H groups in total. The summed E-state index contributed by atoms with van der Waals surface area (Å²) in [6, 6.07) is 10.7. The molecular weight excluding hydrogens is 333 g/mol. The Labute approximate surface area is 142 Å². The molecule has 0 radical (unpaired) electrons. The summed E-state index contributed by atoms with van der Waals surface area (Å²) >= 11 is 12.2. The predicted molar refractivity (Wildman–Crippen MR) is 91.7 cm³/mol. The van der Waals surface area contributed by atoms with Crippen LogP contribution in [0.1, 0.15) is 21.6 Å². The van der Waals surface area contributed by atoms with Gasteiger partial charge in [0.25, 0.3) is 5.91 Å². The van der Waals surface area contributed by atoms with E-state index in [2.05, 4.69) is 11.1 Å². The second kappa shape index (κ2) is 5.62. The first-order chi connectivity index (χ1) is 10.9. The lowest BCUT2D eigenvalue weighted by Gasteiger charge is -2.08. The number of fused-ring (bicyclic) bond motifs is 1. The molecule has 0 bridgehead atoms. The van der Waals surface area contributed by atoms with Crippen molar-refractivity contribution in [1.82, 2.24) is 4.98 Å². The summed E-state index contributed by atoms with van der Waals surface area (Å²) in [7, 11) is 0. The van der Waals surface area contributed by atoms with E-state index < -0.39 is 5.91 Å². The van der Waals surface area contributed by atoms with Crippen molar-refractivity contribution in [2.24, 2.45) is 5.73 Å². The summed E-state index contributed by atoms with van der Waals surface area (Å²) in [6.07, 6.45) is 0. The number of nitrogens with two attached hydrogens (primary N) is 1. The van der Waals surface area contributed by atoms with E-state index in [0.717, 1.165) is 16.5 Å². The first-order valence-electron chi connectivity index (χ1n) is 6.74. The number of amides is 1. The van der Waals surface area contributed by atoms with Crippen molar-refractivity contribution >= 4 is 40.0 Å². The van der Waals surface area contributed by atoms with Gasteiger partial charge in [0.2, 0.25) is 0 Å². The molecule has 2 aromatic carbocycles. The molecule has 0 saturated carbocycles. The van der Waals surface area contributed by atoms with Crippen molar-refractivity contribution in [3.63, 3.8) is 0 Å². The summed E-state index contributed by atoms with van der Waals surface area (Å²) in [5.41, 5.74) is 9.05. The number of aryl methyl sites for hydroxylation is 1. The molecule has 0 aliphatic carbocycles. The highest BCUT2D eigenvalue weighted by Gasteiger charge is 2.17. The van der Waals surface area contributed by atoms with Gasteiger partial charge in [-0.3, -0.25) is 4.79 Å². The van der Waals surface area contributed by atoms with Gasteiger partial charge >= 0.3 is 0 Å². The molecule has 1 aromatic heterocycles. The van der Waals surface area contributed by atoms with Crippen LogP contribution in [0, 0.1) is 18.3 Å². The molecular formula is C17H11Cl2N3O. The van der Waals surface area contributed by atoms with Gasteiger partial charge in [-0.25, -0.2) is 0 Å². The van der Waals surface area contributed by atoms with Gasteiger partial charge in [-0.15, -0.1) is 0 Å². The monoisotopic (exact) mass is 343 g/mol. The lowest BCUT2D eigenvalue weighted by atomic mass is 9.99. The Morgan fingerprint density at radius 3 is 2.57 bits per heavy atom. The highest BCUT2D eigenvalue weighted by Crippen LogP contribution is 2.37. The summed E-state index contributed by atoms with van der Waals surface area (Å²) in [5, 5.41) is 11.0. The topological polar surface area (TPSA) is 82.7 Å². The van der Waals surface area contributed by atoms with Gasteiger partial charge in [0, 0.05) is 26.6 Å². The molecule has 1 heterocycles. The molecule has 0 unspecified atom stereocenters. The second-order valence-electron chi connectivity index (χ2n) is 5.17. The zero-order chi connectivity index (χ0) is 16.7. The summed E-state index contributed by atoms with van der Waals surface area (Å²) in [5.74, 6) is -0.551. The Kier molecular flexibility index (Phi) is 3.77. The predicted octanol–water partition coefficient (Wildman–Crippen LogP) is 4.42. The van der Waals surface area contributed by atoms with Crippen LogP contribution in [-0.2, 0) is 0 Å². The van der Waals surface area contributed by atoms with E-state index >= 15 is 0 Å². The Balaban J connectivity index is 2.42. The Bertz CT molecular complexity index is 999. The Morgan fingerprint density at radius 1 is 1.22 bits per heavy atom. The quantitative estimate of drug-likeness (QED) is 0.721. The number of halogens is 2. The van der Waals surface area contributed by atoms with Crippen LogP contribution < -0.4 is 5.73 Å². The number of carbonyl (C=O) groups is 1.